The molecule has 0 amide bonds. The summed E-state index contributed by atoms with van der Waals surface area (Å²) in [6.07, 6.45) is 16.0. The lowest BCUT2D eigenvalue weighted by Gasteiger charge is -2.40. The van der Waals surface area contributed by atoms with Crippen molar-refractivity contribution in [3.05, 3.63) is 77.9 Å². The number of rotatable bonds is 3. The van der Waals surface area contributed by atoms with Crippen LogP contribution in [0.15, 0.2) is 72.4 Å². The van der Waals surface area contributed by atoms with Crippen LogP contribution in [0.4, 0.5) is 0 Å². The molecule has 3 atom stereocenters. The number of phenolic OH excluding ortho intramolecular Hbond substituents is 1. The standard InChI is InChI=1S/C20H22O2/c1-20(15-5-3-2-4-6-15,16-7-11-18(21)12-8-16)17-9-13-19(22)14-10-17/h2-5,7-13,15,19,21-22H,6,14H2,1H3. The molecule has 2 aliphatic carbocycles. The second kappa shape index (κ2) is 5.98. The highest BCUT2D eigenvalue weighted by Gasteiger charge is 2.37. The molecule has 0 aliphatic heterocycles. The van der Waals surface area contributed by atoms with Gasteiger partial charge in [-0.2, -0.15) is 0 Å². The third kappa shape index (κ3) is 2.67. The maximum atomic E-state index is 9.72. The first-order chi connectivity index (χ1) is 10.6. The number of hydrogen-bond acceptors (Lipinski definition) is 2. The van der Waals surface area contributed by atoms with Crippen molar-refractivity contribution in [1.29, 1.82) is 0 Å². The Morgan fingerprint density at radius 2 is 1.82 bits per heavy atom. The molecule has 0 radical (unpaired) electrons. The predicted molar refractivity (Wildman–Crippen MR) is 89.7 cm³/mol. The van der Waals surface area contributed by atoms with E-state index in [1.807, 2.05) is 24.3 Å². The third-order valence-corrected chi connectivity index (χ3v) is 4.87. The number of benzene rings is 1. The summed E-state index contributed by atoms with van der Waals surface area (Å²) in [5.74, 6) is 0.641. The van der Waals surface area contributed by atoms with Gasteiger partial charge in [0.05, 0.1) is 6.10 Å². The lowest BCUT2D eigenvalue weighted by Crippen LogP contribution is -2.34. The zero-order valence-corrected chi connectivity index (χ0v) is 12.8. The lowest BCUT2D eigenvalue weighted by atomic mass is 9.64. The first kappa shape index (κ1) is 14.9. The van der Waals surface area contributed by atoms with E-state index in [0.29, 0.717) is 12.3 Å². The molecule has 2 aliphatic rings. The van der Waals surface area contributed by atoms with E-state index in [-0.39, 0.29) is 17.3 Å². The summed E-state index contributed by atoms with van der Waals surface area (Å²) in [7, 11) is 0. The number of aromatic hydroxyl groups is 1. The van der Waals surface area contributed by atoms with Crippen LogP contribution in [0.5, 0.6) is 5.75 Å². The Balaban J connectivity index is 2.05. The van der Waals surface area contributed by atoms with E-state index in [0.717, 1.165) is 6.42 Å². The summed E-state index contributed by atoms with van der Waals surface area (Å²) in [5.41, 5.74) is 2.24. The summed E-state index contributed by atoms with van der Waals surface area (Å²) in [6, 6.07) is 7.50. The average molecular weight is 294 g/mol. The Kier molecular flexibility index (Phi) is 4.04. The molecule has 2 N–H and O–H groups in total. The Hall–Kier alpha value is -2.06. The largest absolute Gasteiger partial charge is 0.508 e. The molecule has 0 saturated heterocycles. The van der Waals surface area contributed by atoms with E-state index in [1.54, 1.807) is 12.1 Å². The molecule has 0 fully saturated rings. The summed E-state index contributed by atoms with van der Waals surface area (Å²) >= 11 is 0. The van der Waals surface area contributed by atoms with Crippen LogP contribution in [0.25, 0.3) is 0 Å². The van der Waals surface area contributed by atoms with Crippen molar-refractivity contribution in [2.45, 2.75) is 31.3 Å². The molecule has 0 bridgehead atoms. The highest BCUT2D eigenvalue weighted by Crippen LogP contribution is 2.44. The molecule has 22 heavy (non-hydrogen) atoms. The molecule has 2 heteroatoms. The van der Waals surface area contributed by atoms with Crippen molar-refractivity contribution in [2.75, 3.05) is 0 Å². The molecule has 0 heterocycles. The van der Waals surface area contributed by atoms with Gasteiger partial charge < -0.3 is 10.2 Å². The van der Waals surface area contributed by atoms with Gasteiger partial charge in [0.25, 0.3) is 0 Å². The van der Waals surface area contributed by atoms with Gasteiger partial charge >= 0.3 is 0 Å². The lowest BCUT2D eigenvalue weighted by molar-refractivity contribution is 0.223. The summed E-state index contributed by atoms with van der Waals surface area (Å²) < 4.78 is 0. The second-order valence-electron chi connectivity index (χ2n) is 6.23. The molecular weight excluding hydrogens is 272 g/mol. The van der Waals surface area contributed by atoms with Crippen molar-refractivity contribution >= 4 is 0 Å². The highest BCUT2D eigenvalue weighted by atomic mass is 16.3. The average Bonchev–Trinajstić information content (AvgIpc) is 2.56. The van der Waals surface area contributed by atoms with Crippen molar-refractivity contribution in [1.82, 2.24) is 0 Å². The summed E-state index contributed by atoms with van der Waals surface area (Å²) in [5, 5.41) is 19.3. The topological polar surface area (TPSA) is 40.5 Å². The minimum absolute atomic E-state index is 0.175. The van der Waals surface area contributed by atoms with Crippen LogP contribution in [0.1, 0.15) is 25.3 Å². The maximum absolute atomic E-state index is 9.72. The minimum atomic E-state index is -0.380. The van der Waals surface area contributed by atoms with E-state index in [4.69, 9.17) is 0 Å². The molecule has 1 aromatic rings. The SMILES string of the molecule is CC(C1=CCC(O)C=C1)(c1ccc(O)cc1)C1C=CC=CC1. The van der Waals surface area contributed by atoms with Crippen molar-refractivity contribution in [3.63, 3.8) is 0 Å². The monoisotopic (exact) mass is 294 g/mol. The van der Waals surface area contributed by atoms with Crippen molar-refractivity contribution in [2.24, 2.45) is 5.92 Å². The number of aliphatic hydroxyl groups is 1. The smallest absolute Gasteiger partial charge is 0.115 e. The van der Waals surface area contributed by atoms with Crippen LogP contribution in [0.3, 0.4) is 0 Å². The fourth-order valence-corrected chi connectivity index (χ4v) is 3.41. The second-order valence-corrected chi connectivity index (χ2v) is 6.23. The summed E-state index contributed by atoms with van der Waals surface area (Å²) in [6.45, 7) is 2.25. The molecule has 2 nitrogen and oxygen atoms in total. The molecule has 0 spiro atoms. The van der Waals surface area contributed by atoms with Gasteiger partial charge in [-0.3, -0.25) is 0 Å². The van der Waals surface area contributed by atoms with E-state index in [9.17, 15) is 10.2 Å². The van der Waals surface area contributed by atoms with Gasteiger partial charge in [-0.25, -0.2) is 0 Å². The quantitative estimate of drug-likeness (QED) is 0.883. The van der Waals surface area contributed by atoms with E-state index >= 15 is 0 Å². The number of hydrogen-bond donors (Lipinski definition) is 2. The van der Waals surface area contributed by atoms with Crippen LogP contribution in [0, 0.1) is 5.92 Å². The van der Waals surface area contributed by atoms with Gasteiger partial charge in [0.1, 0.15) is 5.75 Å². The zero-order valence-electron chi connectivity index (χ0n) is 12.8. The van der Waals surface area contributed by atoms with Crippen LogP contribution >= 0.6 is 0 Å². The summed E-state index contributed by atoms with van der Waals surface area (Å²) in [4.78, 5) is 0. The normalized spacial score (nSPS) is 26.5. The van der Waals surface area contributed by atoms with Gasteiger partial charge in [0.2, 0.25) is 0 Å². The Morgan fingerprint density at radius 1 is 1.05 bits per heavy atom. The molecule has 1 aromatic carbocycles. The predicted octanol–water partition coefficient (Wildman–Crippen LogP) is 4.03. The number of aliphatic hydroxyl groups excluding tert-OH is 1. The van der Waals surface area contributed by atoms with E-state index in [2.05, 4.69) is 37.3 Å². The number of phenols is 1. The highest BCUT2D eigenvalue weighted by molar-refractivity contribution is 5.46. The van der Waals surface area contributed by atoms with E-state index in [1.165, 1.54) is 11.1 Å². The molecule has 0 aromatic heterocycles. The zero-order chi connectivity index (χ0) is 15.6. The first-order valence-corrected chi connectivity index (χ1v) is 7.80. The molecule has 0 saturated carbocycles. The number of allylic oxidation sites excluding steroid dienone is 6. The fraction of sp³-hybridized carbons (Fsp3) is 0.300. The van der Waals surface area contributed by atoms with Crippen molar-refractivity contribution in [3.8, 4) is 5.75 Å². The molecular formula is C20H22O2. The first-order valence-electron chi connectivity index (χ1n) is 7.80. The fourth-order valence-electron chi connectivity index (χ4n) is 3.41. The molecule has 114 valence electrons. The van der Waals surface area contributed by atoms with Gasteiger partial charge in [0.15, 0.2) is 0 Å². The Bertz CT molecular complexity index is 649. The van der Waals surface area contributed by atoms with E-state index < -0.39 is 0 Å². The van der Waals surface area contributed by atoms with Gasteiger partial charge in [-0.05, 0) is 42.0 Å². The van der Waals surface area contributed by atoms with Gasteiger partial charge in [-0.1, -0.05) is 61.6 Å². The third-order valence-electron chi connectivity index (χ3n) is 4.87. The Labute approximate surface area is 131 Å². The molecule has 3 rings (SSSR count). The van der Waals surface area contributed by atoms with Crippen LogP contribution in [-0.2, 0) is 5.41 Å². The van der Waals surface area contributed by atoms with Crippen LogP contribution < -0.4 is 0 Å². The maximum Gasteiger partial charge on any atom is 0.115 e. The van der Waals surface area contributed by atoms with Crippen LogP contribution in [-0.4, -0.2) is 16.3 Å². The Morgan fingerprint density at radius 3 is 2.41 bits per heavy atom. The van der Waals surface area contributed by atoms with Gasteiger partial charge in [0, 0.05) is 5.41 Å². The van der Waals surface area contributed by atoms with Crippen molar-refractivity contribution < 1.29 is 10.2 Å². The van der Waals surface area contributed by atoms with Gasteiger partial charge in [-0.15, -0.1) is 0 Å². The van der Waals surface area contributed by atoms with Crippen LogP contribution in [0.2, 0.25) is 0 Å². The molecule has 3 unspecified atom stereocenters. The minimum Gasteiger partial charge on any atom is -0.508 e.